The van der Waals surface area contributed by atoms with Gasteiger partial charge in [0, 0.05) is 29.9 Å². The molecule has 1 heterocycles. The van der Waals surface area contributed by atoms with Crippen LogP contribution in [0.25, 0.3) is 5.69 Å². The Hall–Kier alpha value is -1.81. The molecule has 4 heteroatoms. The van der Waals surface area contributed by atoms with Crippen molar-refractivity contribution in [2.24, 2.45) is 5.73 Å². The fraction of sp³-hybridized carbons (Fsp3) is 0.400. The molecule has 0 amide bonds. The molecule has 0 aliphatic carbocycles. The van der Waals surface area contributed by atoms with Crippen LogP contribution in [0.15, 0.2) is 36.8 Å². The Balaban J connectivity index is 2.34. The lowest BCUT2D eigenvalue weighted by Crippen LogP contribution is -2.16. The second-order valence-corrected chi connectivity index (χ2v) is 5.53. The smallest absolute Gasteiger partial charge is 0.121 e. The Kier molecular flexibility index (Phi) is 3.90. The highest BCUT2D eigenvalue weighted by Gasteiger charge is 2.19. The highest BCUT2D eigenvalue weighted by atomic mass is 16.5. The summed E-state index contributed by atoms with van der Waals surface area (Å²) in [5, 5.41) is 0. The molecule has 0 atom stereocenters. The van der Waals surface area contributed by atoms with Crippen molar-refractivity contribution in [1.29, 1.82) is 0 Å². The number of rotatable bonds is 4. The summed E-state index contributed by atoms with van der Waals surface area (Å²) in [6.45, 7) is 7.57. The number of hydrogen-bond acceptors (Lipinski definition) is 3. The van der Waals surface area contributed by atoms with E-state index in [0.29, 0.717) is 13.2 Å². The number of nitrogens with zero attached hydrogens (tertiary/aromatic N) is 2. The van der Waals surface area contributed by atoms with Crippen molar-refractivity contribution in [1.82, 2.24) is 9.55 Å². The molecule has 102 valence electrons. The number of imidazole rings is 1. The molecule has 0 bridgehead atoms. The fourth-order valence-corrected chi connectivity index (χ4v) is 1.96. The number of aromatic nitrogens is 2. The van der Waals surface area contributed by atoms with Gasteiger partial charge in [0.05, 0.1) is 12.0 Å². The third-order valence-corrected chi connectivity index (χ3v) is 2.89. The monoisotopic (exact) mass is 259 g/mol. The van der Waals surface area contributed by atoms with Crippen LogP contribution in [0.5, 0.6) is 5.75 Å². The SMILES string of the molecule is CC(C)(C)c1cncn1-c1cccc(OCCN)c1. The number of ether oxygens (including phenoxy) is 1. The van der Waals surface area contributed by atoms with E-state index in [1.807, 2.05) is 36.8 Å². The van der Waals surface area contributed by atoms with Crippen molar-refractivity contribution in [3.05, 3.63) is 42.5 Å². The van der Waals surface area contributed by atoms with Crippen LogP contribution in [0.4, 0.5) is 0 Å². The van der Waals surface area contributed by atoms with Crippen LogP contribution in [0.1, 0.15) is 26.5 Å². The van der Waals surface area contributed by atoms with E-state index in [9.17, 15) is 0 Å². The van der Waals surface area contributed by atoms with Crippen LogP contribution in [0.3, 0.4) is 0 Å². The van der Waals surface area contributed by atoms with E-state index in [0.717, 1.165) is 11.4 Å². The van der Waals surface area contributed by atoms with Gasteiger partial charge in [0.2, 0.25) is 0 Å². The van der Waals surface area contributed by atoms with E-state index in [4.69, 9.17) is 10.5 Å². The second-order valence-electron chi connectivity index (χ2n) is 5.53. The Labute approximate surface area is 114 Å². The van der Waals surface area contributed by atoms with Gasteiger partial charge in [-0.05, 0) is 12.1 Å². The second kappa shape index (κ2) is 5.45. The quantitative estimate of drug-likeness (QED) is 0.918. The summed E-state index contributed by atoms with van der Waals surface area (Å²) in [6, 6.07) is 7.97. The fourth-order valence-electron chi connectivity index (χ4n) is 1.96. The summed E-state index contributed by atoms with van der Waals surface area (Å²) >= 11 is 0. The molecule has 1 aromatic carbocycles. The molecule has 0 aliphatic heterocycles. The van der Waals surface area contributed by atoms with E-state index in [1.165, 1.54) is 5.69 Å². The van der Waals surface area contributed by atoms with Crippen LogP contribution in [-0.4, -0.2) is 22.7 Å². The van der Waals surface area contributed by atoms with Gasteiger partial charge in [-0.2, -0.15) is 0 Å². The van der Waals surface area contributed by atoms with Gasteiger partial charge in [0.25, 0.3) is 0 Å². The molecule has 1 aromatic heterocycles. The van der Waals surface area contributed by atoms with E-state index in [-0.39, 0.29) is 5.41 Å². The molecule has 2 N–H and O–H groups in total. The van der Waals surface area contributed by atoms with Crippen molar-refractivity contribution in [2.75, 3.05) is 13.2 Å². The summed E-state index contributed by atoms with van der Waals surface area (Å²) in [4.78, 5) is 4.26. The van der Waals surface area contributed by atoms with Crippen molar-refractivity contribution in [2.45, 2.75) is 26.2 Å². The summed E-state index contributed by atoms with van der Waals surface area (Å²) in [6.07, 6.45) is 3.75. The molecule has 2 aromatic rings. The van der Waals surface area contributed by atoms with Crippen molar-refractivity contribution >= 4 is 0 Å². The Morgan fingerprint density at radius 2 is 2.11 bits per heavy atom. The van der Waals surface area contributed by atoms with E-state index < -0.39 is 0 Å². The number of hydrogen-bond donors (Lipinski definition) is 1. The summed E-state index contributed by atoms with van der Waals surface area (Å²) in [5.41, 5.74) is 7.72. The average Bonchev–Trinajstić information content (AvgIpc) is 2.86. The molecule has 0 aliphatic rings. The third kappa shape index (κ3) is 3.15. The van der Waals surface area contributed by atoms with Gasteiger partial charge in [-0.25, -0.2) is 4.98 Å². The minimum atomic E-state index is 0.0463. The van der Waals surface area contributed by atoms with Gasteiger partial charge in [0.15, 0.2) is 0 Å². The largest absolute Gasteiger partial charge is 0.492 e. The molecule has 2 rings (SSSR count). The molecular formula is C15H21N3O. The van der Waals surface area contributed by atoms with E-state index >= 15 is 0 Å². The third-order valence-electron chi connectivity index (χ3n) is 2.89. The molecule has 0 radical (unpaired) electrons. The Bertz CT molecular complexity index is 540. The number of nitrogens with two attached hydrogens (primary N) is 1. The van der Waals surface area contributed by atoms with Crippen molar-refractivity contribution < 1.29 is 4.74 Å². The van der Waals surface area contributed by atoms with Gasteiger partial charge >= 0.3 is 0 Å². The molecule has 4 nitrogen and oxygen atoms in total. The van der Waals surface area contributed by atoms with E-state index in [1.54, 1.807) is 0 Å². The normalized spacial score (nSPS) is 11.6. The highest BCUT2D eigenvalue weighted by Crippen LogP contribution is 2.26. The van der Waals surface area contributed by atoms with Crippen LogP contribution >= 0.6 is 0 Å². The minimum Gasteiger partial charge on any atom is -0.492 e. The first kappa shape index (κ1) is 13.6. The van der Waals surface area contributed by atoms with Crippen LogP contribution in [-0.2, 0) is 5.41 Å². The predicted octanol–water partition coefficient (Wildman–Crippen LogP) is 2.51. The van der Waals surface area contributed by atoms with Crippen LogP contribution in [0.2, 0.25) is 0 Å². The van der Waals surface area contributed by atoms with Crippen molar-refractivity contribution in [3.63, 3.8) is 0 Å². The molecule has 0 unspecified atom stereocenters. The predicted molar refractivity (Wildman–Crippen MR) is 76.8 cm³/mol. The lowest BCUT2D eigenvalue weighted by atomic mass is 9.92. The zero-order chi connectivity index (χ0) is 13.9. The first-order valence-electron chi connectivity index (χ1n) is 6.48. The summed E-state index contributed by atoms with van der Waals surface area (Å²) in [5.74, 6) is 0.830. The van der Waals surface area contributed by atoms with E-state index in [2.05, 4.69) is 30.3 Å². The first-order chi connectivity index (χ1) is 9.02. The van der Waals surface area contributed by atoms with Gasteiger partial charge in [-0.1, -0.05) is 26.8 Å². The average molecular weight is 259 g/mol. The maximum Gasteiger partial charge on any atom is 0.121 e. The number of benzene rings is 1. The Morgan fingerprint density at radius 1 is 1.32 bits per heavy atom. The minimum absolute atomic E-state index is 0.0463. The molecule has 0 saturated heterocycles. The molecule has 0 saturated carbocycles. The lowest BCUT2D eigenvalue weighted by molar-refractivity contribution is 0.328. The van der Waals surface area contributed by atoms with Crippen LogP contribution < -0.4 is 10.5 Å². The van der Waals surface area contributed by atoms with Gasteiger partial charge in [-0.15, -0.1) is 0 Å². The van der Waals surface area contributed by atoms with Gasteiger partial charge in [-0.3, -0.25) is 0 Å². The summed E-state index contributed by atoms with van der Waals surface area (Å²) in [7, 11) is 0. The maximum atomic E-state index is 5.56. The van der Waals surface area contributed by atoms with Crippen molar-refractivity contribution in [3.8, 4) is 11.4 Å². The van der Waals surface area contributed by atoms with Crippen LogP contribution in [0, 0.1) is 0 Å². The highest BCUT2D eigenvalue weighted by molar-refractivity contribution is 5.41. The Morgan fingerprint density at radius 3 is 2.79 bits per heavy atom. The summed E-state index contributed by atoms with van der Waals surface area (Å²) < 4.78 is 7.65. The molecular weight excluding hydrogens is 238 g/mol. The molecule has 0 spiro atoms. The molecule has 19 heavy (non-hydrogen) atoms. The first-order valence-corrected chi connectivity index (χ1v) is 6.48. The van der Waals surface area contributed by atoms with Gasteiger partial charge < -0.3 is 15.0 Å². The maximum absolute atomic E-state index is 5.56. The zero-order valence-corrected chi connectivity index (χ0v) is 11.8. The standard InChI is InChI=1S/C15H21N3O/c1-15(2,3)14-10-17-11-18(14)12-5-4-6-13(9-12)19-8-7-16/h4-6,9-11H,7-8,16H2,1-3H3. The topological polar surface area (TPSA) is 53.1 Å². The zero-order valence-electron chi connectivity index (χ0n) is 11.8. The molecule has 0 fully saturated rings. The lowest BCUT2D eigenvalue weighted by Gasteiger charge is -2.21. The van der Waals surface area contributed by atoms with Gasteiger partial charge in [0.1, 0.15) is 12.4 Å².